The first-order valence-electron chi connectivity index (χ1n) is 9.56. The van der Waals surface area contributed by atoms with Crippen LogP contribution in [0.2, 0.25) is 0 Å². The zero-order valence-electron chi connectivity index (χ0n) is 16.1. The van der Waals surface area contributed by atoms with Crippen LogP contribution < -0.4 is 10.6 Å². The van der Waals surface area contributed by atoms with Crippen molar-refractivity contribution in [3.8, 4) is 0 Å². The third kappa shape index (κ3) is 5.09. The van der Waals surface area contributed by atoms with Crippen molar-refractivity contribution in [3.63, 3.8) is 0 Å². The molecule has 0 unspecified atom stereocenters. The second-order valence-electron chi connectivity index (χ2n) is 7.50. The second kappa shape index (κ2) is 8.87. The fourth-order valence-electron chi connectivity index (χ4n) is 3.31. The average Bonchev–Trinajstić information content (AvgIpc) is 2.72. The first-order chi connectivity index (χ1) is 13.5. The van der Waals surface area contributed by atoms with Crippen LogP contribution >= 0.6 is 0 Å². The van der Waals surface area contributed by atoms with Gasteiger partial charge in [0, 0.05) is 31.6 Å². The molecule has 1 aliphatic heterocycles. The Bertz CT molecular complexity index is 800. The Morgan fingerprint density at radius 3 is 2.14 bits per heavy atom. The van der Waals surface area contributed by atoms with E-state index in [1.54, 1.807) is 17.0 Å². The summed E-state index contributed by atoms with van der Waals surface area (Å²) in [5.41, 5.74) is 1.41. The molecule has 1 heterocycles. The monoisotopic (exact) mass is 383 g/mol. The fourth-order valence-corrected chi connectivity index (χ4v) is 3.31. The van der Waals surface area contributed by atoms with Gasteiger partial charge in [0.05, 0.1) is 0 Å². The maximum absolute atomic E-state index is 13.0. The van der Waals surface area contributed by atoms with Crippen LogP contribution in [-0.2, 0) is 17.9 Å². The van der Waals surface area contributed by atoms with Gasteiger partial charge in [0.25, 0.3) is 0 Å². The lowest BCUT2D eigenvalue weighted by Crippen LogP contribution is -2.50. The topological polar surface area (TPSA) is 61.4 Å². The van der Waals surface area contributed by atoms with Crippen LogP contribution in [0.25, 0.3) is 0 Å². The number of urea groups is 1. The van der Waals surface area contributed by atoms with Crippen molar-refractivity contribution in [2.75, 3.05) is 13.1 Å². The number of piperidine rings is 1. The van der Waals surface area contributed by atoms with Gasteiger partial charge < -0.3 is 15.5 Å². The van der Waals surface area contributed by atoms with Crippen molar-refractivity contribution in [2.45, 2.75) is 32.9 Å². The average molecular weight is 383 g/mol. The first-order valence-corrected chi connectivity index (χ1v) is 9.56. The van der Waals surface area contributed by atoms with Crippen LogP contribution in [0.3, 0.4) is 0 Å². The highest BCUT2D eigenvalue weighted by atomic mass is 19.1. The summed E-state index contributed by atoms with van der Waals surface area (Å²) in [7, 11) is 0. The summed E-state index contributed by atoms with van der Waals surface area (Å²) in [5, 5.41) is 5.87. The number of carbonyl (C=O) groups excluding carboxylic acids is 2. The van der Waals surface area contributed by atoms with E-state index in [0.29, 0.717) is 39.0 Å². The molecule has 1 saturated heterocycles. The molecule has 3 rings (SSSR count). The third-order valence-corrected chi connectivity index (χ3v) is 5.36. The normalized spacial score (nSPS) is 15.7. The fraction of sp³-hybridized carbons (Fsp3) is 0.364. The van der Waals surface area contributed by atoms with E-state index in [4.69, 9.17) is 0 Å². The minimum absolute atomic E-state index is 0.0267. The molecule has 0 spiro atoms. The van der Waals surface area contributed by atoms with Crippen LogP contribution in [0, 0.1) is 11.2 Å². The molecule has 3 amide bonds. The predicted molar refractivity (Wildman–Crippen MR) is 106 cm³/mol. The lowest BCUT2D eigenvalue weighted by molar-refractivity contribution is -0.132. The number of hydrogen-bond donors (Lipinski definition) is 2. The summed E-state index contributed by atoms with van der Waals surface area (Å²) < 4.78 is 13.0. The highest BCUT2D eigenvalue weighted by Crippen LogP contribution is 2.31. The zero-order valence-corrected chi connectivity index (χ0v) is 16.1. The summed E-state index contributed by atoms with van der Waals surface area (Å²) in [6.07, 6.45) is 1.22. The standard InChI is InChI=1S/C22H26FN3O2/c1-22(20(27)24-15-18-7-9-19(23)10-8-18)11-13-26(14-12-22)21(28)25-16-17-5-3-2-4-6-17/h2-10H,11-16H2,1H3,(H,24,27)(H,25,28). The quantitative estimate of drug-likeness (QED) is 0.831. The van der Waals surface area contributed by atoms with Crippen LogP contribution in [0.4, 0.5) is 9.18 Å². The second-order valence-corrected chi connectivity index (χ2v) is 7.50. The van der Waals surface area contributed by atoms with Crippen LogP contribution in [0.15, 0.2) is 54.6 Å². The Labute approximate surface area is 164 Å². The van der Waals surface area contributed by atoms with E-state index in [1.807, 2.05) is 37.3 Å². The summed E-state index contributed by atoms with van der Waals surface area (Å²) in [6.45, 7) is 3.88. The Kier molecular flexibility index (Phi) is 6.29. The van der Waals surface area contributed by atoms with Crippen molar-refractivity contribution < 1.29 is 14.0 Å². The molecule has 148 valence electrons. The summed E-state index contributed by atoms with van der Waals surface area (Å²) in [6, 6.07) is 15.8. The van der Waals surface area contributed by atoms with E-state index in [1.165, 1.54) is 12.1 Å². The number of nitrogens with zero attached hydrogens (tertiary/aromatic N) is 1. The minimum atomic E-state index is -0.504. The number of hydrogen-bond acceptors (Lipinski definition) is 2. The molecule has 0 aliphatic carbocycles. The van der Waals surface area contributed by atoms with Gasteiger partial charge in [0.15, 0.2) is 0 Å². The maximum Gasteiger partial charge on any atom is 0.317 e. The summed E-state index contributed by atoms with van der Waals surface area (Å²) >= 11 is 0. The van der Waals surface area contributed by atoms with Crippen molar-refractivity contribution >= 4 is 11.9 Å². The van der Waals surface area contributed by atoms with E-state index in [2.05, 4.69) is 10.6 Å². The third-order valence-electron chi connectivity index (χ3n) is 5.36. The van der Waals surface area contributed by atoms with Crippen molar-refractivity contribution in [1.82, 2.24) is 15.5 Å². The molecule has 2 N–H and O–H groups in total. The lowest BCUT2D eigenvalue weighted by Gasteiger charge is -2.38. The van der Waals surface area contributed by atoms with E-state index in [9.17, 15) is 14.0 Å². The Balaban J connectivity index is 1.45. The molecular formula is C22H26FN3O2. The van der Waals surface area contributed by atoms with Gasteiger partial charge in [-0.2, -0.15) is 0 Å². The van der Waals surface area contributed by atoms with Gasteiger partial charge in [-0.1, -0.05) is 49.4 Å². The van der Waals surface area contributed by atoms with E-state index < -0.39 is 5.41 Å². The smallest absolute Gasteiger partial charge is 0.317 e. The Morgan fingerprint density at radius 1 is 0.929 bits per heavy atom. The number of amides is 3. The highest BCUT2D eigenvalue weighted by molar-refractivity contribution is 5.83. The molecule has 28 heavy (non-hydrogen) atoms. The molecule has 5 nitrogen and oxygen atoms in total. The number of rotatable bonds is 5. The van der Waals surface area contributed by atoms with Gasteiger partial charge in [-0.05, 0) is 36.1 Å². The lowest BCUT2D eigenvalue weighted by atomic mass is 9.79. The zero-order chi connectivity index (χ0) is 20.0. The highest BCUT2D eigenvalue weighted by Gasteiger charge is 2.37. The summed E-state index contributed by atoms with van der Waals surface area (Å²) in [5.74, 6) is -0.318. The van der Waals surface area contributed by atoms with Crippen molar-refractivity contribution in [1.29, 1.82) is 0 Å². The van der Waals surface area contributed by atoms with Crippen LogP contribution in [-0.4, -0.2) is 29.9 Å². The van der Waals surface area contributed by atoms with Gasteiger partial charge in [0.1, 0.15) is 5.82 Å². The molecule has 2 aromatic rings. The SMILES string of the molecule is CC1(C(=O)NCc2ccc(F)cc2)CCN(C(=O)NCc2ccccc2)CC1. The molecule has 0 bridgehead atoms. The molecule has 6 heteroatoms. The van der Waals surface area contributed by atoms with Gasteiger partial charge in [-0.3, -0.25) is 4.79 Å². The van der Waals surface area contributed by atoms with Crippen molar-refractivity contribution in [3.05, 3.63) is 71.5 Å². The Hall–Kier alpha value is -2.89. The summed E-state index contributed by atoms with van der Waals surface area (Å²) in [4.78, 5) is 26.8. The van der Waals surface area contributed by atoms with Crippen LogP contribution in [0.1, 0.15) is 30.9 Å². The molecule has 2 aromatic carbocycles. The molecule has 0 radical (unpaired) electrons. The number of halogens is 1. The number of benzene rings is 2. The van der Waals surface area contributed by atoms with E-state index in [-0.39, 0.29) is 17.8 Å². The number of carbonyl (C=O) groups is 2. The first kappa shape index (κ1) is 19.9. The molecule has 0 atom stereocenters. The van der Waals surface area contributed by atoms with Gasteiger partial charge in [-0.15, -0.1) is 0 Å². The van der Waals surface area contributed by atoms with Gasteiger partial charge >= 0.3 is 6.03 Å². The van der Waals surface area contributed by atoms with E-state index >= 15 is 0 Å². The minimum Gasteiger partial charge on any atom is -0.352 e. The molecule has 0 saturated carbocycles. The molecule has 0 aromatic heterocycles. The number of nitrogens with one attached hydrogen (secondary N) is 2. The van der Waals surface area contributed by atoms with Gasteiger partial charge in [0.2, 0.25) is 5.91 Å². The number of likely N-dealkylation sites (tertiary alicyclic amines) is 1. The van der Waals surface area contributed by atoms with Crippen LogP contribution in [0.5, 0.6) is 0 Å². The maximum atomic E-state index is 13.0. The Morgan fingerprint density at radius 2 is 1.50 bits per heavy atom. The van der Waals surface area contributed by atoms with Gasteiger partial charge in [-0.25, -0.2) is 9.18 Å². The molecule has 1 aliphatic rings. The van der Waals surface area contributed by atoms with E-state index in [0.717, 1.165) is 11.1 Å². The predicted octanol–water partition coefficient (Wildman–Crippen LogP) is 3.45. The largest absolute Gasteiger partial charge is 0.352 e. The molecule has 1 fully saturated rings. The van der Waals surface area contributed by atoms with Crippen molar-refractivity contribution in [2.24, 2.45) is 5.41 Å². The molecular weight excluding hydrogens is 357 g/mol.